The van der Waals surface area contributed by atoms with Crippen LogP contribution in [0.1, 0.15) is 36.9 Å². The number of aromatic nitrogens is 2. The number of nitrogen functional groups attached to an aromatic ring is 1. The average Bonchev–Trinajstić information content (AvgIpc) is 2.52. The Hall–Kier alpha value is -2.14. The van der Waals surface area contributed by atoms with Gasteiger partial charge in [-0.25, -0.2) is 9.97 Å². The fraction of sp³-hybridized carbons (Fsp3) is 0.444. The summed E-state index contributed by atoms with van der Waals surface area (Å²) in [5, 5.41) is 13.6. The maximum absolute atomic E-state index is 10.0. The maximum Gasteiger partial charge on any atom is 0.220 e. The molecule has 0 radical (unpaired) electrons. The highest BCUT2D eigenvalue weighted by Gasteiger charge is 2.13. The number of phenols is 1. The van der Waals surface area contributed by atoms with Gasteiger partial charge in [0.2, 0.25) is 5.95 Å². The van der Waals surface area contributed by atoms with Crippen LogP contribution in [0.5, 0.6) is 5.75 Å². The zero-order valence-corrected chi connectivity index (χ0v) is 13.5. The molecule has 1 atom stereocenters. The maximum atomic E-state index is 10.0. The Morgan fingerprint density at radius 2 is 2.09 bits per heavy atom. The van der Waals surface area contributed by atoms with Crippen LogP contribution in [0.25, 0.3) is 11.3 Å². The molecule has 3 rings (SSSR count). The summed E-state index contributed by atoms with van der Waals surface area (Å²) in [6, 6.07) is 8.13. The van der Waals surface area contributed by atoms with Gasteiger partial charge in [0.1, 0.15) is 5.75 Å². The Morgan fingerprint density at radius 3 is 2.83 bits per heavy atom. The number of aryl methyl sites for hydroxylation is 2. The van der Waals surface area contributed by atoms with Crippen LogP contribution in [0.3, 0.4) is 0 Å². The molecule has 1 aromatic carbocycles. The van der Waals surface area contributed by atoms with Crippen molar-refractivity contribution >= 4 is 5.95 Å². The Bertz CT molecular complexity index is 660. The number of piperidine rings is 1. The number of hydrogen-bond donors (Lipinski definition) is 3. The van der Waals surface area contributed by atoms with Gasteiger partial charge in [-0.15, -0.1) is 0 Å². The second-order valence-corrected chi connectivity index (χ2v) is 6.33. The highest BCUT2D eigenvalue weighted by atomic mass is 16.3. The summed E-state index contributed by atoms with van der Waals surface area (Å²) in [6.07, 6.45) is 5.86. The van der Waals surface area contributed by atoms with Gasteiger partial charge in [-0.1, -0.05) is 6.42 Å². The minimum Gasteiger partial charge on any atom is -0.508 e. The molecular weight excluding hydrogens is 288 g/mol. The third-order valence-corrected chi connectivity index (χ3v) is 4.34. The molecule has 0 amide bonds. The quantitative estimate of drug-likeness (QED) is 0.808. The van der Waals surface area contributed by atoms with E-state index in [-0.39, 0.29) is 11.7 Å². The zero-order valence-electron chi connectivity index (χ0n) is 13.5. The van der Waals surface area contributed by atoms with Gasteiger partial charge in [0.15, 0.2) is 0 Å². The van der Waals surface area contributed by atoms with Crippen molar-refractivity contribution in [3.05, 3.63) is 35.5 Å². The van der Waals surface area contributed by atoms with E-state index >= 15 is 0 Å². The van der Waals surface area contributed by atoms with E-state index in [0.29, 0.717) is 6.04 Å². The molecule has 2 aromatic rings. The van der Waals surface area contributed by atoms with Crippen LogP contribution in [0.4, 0.5) is 5.95 Å². The first-order valence-electron chi connectivity index (χ1n) is 8.28. The van der Waals surface area contributed by atoms with Crippen LogP contribution in [-0.4, -0.2) is 27.7 Å². The lowest BCUT2D eigenvalue weighted by molar-refractivity contribution is 0.382. The van der Waals surface area contributed by atoms with E-state index in [0.717, 1.165) is 41.9 Å². The van der Waals surface area contributed by atoms with E-state index in [1.807, 2.05) is 19.1 Å². The fourth-order valence-electron chi connectivity index (χ4n) is 3.22. The summed E-state index contributed by atoms with van der Waals surface area (Å²) in [5.41, 5.74) is 9.32. The Morgan fingerprint density at radius 1 is 1.22 bits per heavy atom. The minimum absolute atomic E-state index is 0.260. The lowest BCUT2D eigenvalue weighted by atomic mass is 9.96. The molecule has 5 nitrogen and oxygen atoms in total. The molecular formula is C18H24N4O. The van der Waals surface area contributed by atoms with E-state index in [1.54, 1.807) is 6.07 Å². The van der Waals surface area contributed by atoms with Gasteiger partial charge in [-0.05, 0) is 69.0 Å². The Balaban J connectivity index is 1.78. The van der Waals surface area contributed by atoms with E-state index in [2.05, 4.69) is 21.4 Å². The van der Waals surface area contributed by atoms with Crippen molar-refractivity contribution in [3.63, 3.8) is 0 Å². The standard InChI is InChI=1S/C18H24N4O/c1-12-8-17(22-18(19)21-12)14-9-13(10-16(23)11-14)5-6-15-4-2-3-7-20-15/h8-11,15,20,23H,2-7H2,1H3,(H2,19,21,22)/t15-/m0/s1. The van der Waals surface area contributed by atoms with Gasteiger partial charge in [0, 0.05) is 17.3 Å². The molecule has 0 saturated carbocycles. The predicted octanol–water partition coefficient (Wildman–Crippen LogP) is 2.81. The number of rotatable bonds is 4. The largest absolute Gasteiger partial charge is 0.508 e. The molecule has 2 heterocycles. The molecule has 4 N–H and O–H groups in total. The van der Waals surface area contributed by atoms with Crippen molar-refractivity contribution in [2.45, 2.75) is 45.1 Å². The summed E-state index contributed by atoms with van der Waals surface area (Å²) < 4.78 is 0. The number of aromatic hydroxyl groups is 1. The number of phenolic OH excluding ortho intramolecular Hbond substituents is 1. The van der Waals surface area contributed by atoms with E-state index in [4.69, 9.17) is 5.73 Å². The number of anilines is 1. The van der Waals surface area contributed by atoms with Crippen LogP contribution in [-0.2, 0) is 6.42 Å². The average molecular weight is 312 g/mol. The second-order valence-electron chi connectivity index (χ2n) is 6.33. The summed E-state index contributed by atoms with van der Waals surface area (Å²) in [5.74, 6) is 0.528. The van der Waals surface area contributed by atoms with Crippen LogP contribution < -0.4 is 11.1 Å². The molecule has 0 unspecified atom stereocenters. The summed E-state index contributed by atoms with van der Waals surface area (Å²) in [4.78, 5) is 8.38. The van der Waals surface area contributed by atoms with Crippen molar-refractivity contribution < 1.29 is 5.11 Å². The molecule has 1 aromatic heterocycles. The number of nitrogens with zero attached hydrogens (tertiary/aromatic N) is 2. The van der Waals surface area contributed by atoms with Crippen molar-refractivity contribution in [1.82, 2.24) is 15.3 Å². The topological polar surface area (TPSA) is 84.1 Å². The molecule has 23 heavy (non-hydrogen) atoms. The molecule has 1 aliphatic heterocycles. The normalized spacial score (nSPS) is 18.0. The van der Waals surface area contributed by atoms with Crippen LogP contribution in [0, 0.1) is 6.92 Å². The number of hydrogen-bond acceptors (Lipinski definition) is 5. The van der Waals surface area contributed by atoms with Crippen LogP contribution in [0.2, 0.25) is 0 Å². The third-order valence-electron chi connectivity index (χ3n) is 4.34. The van der Waals surface area contributed by atoms with Crippen LogP contribution in [0.15, 0.2) is 24.3 Å². The number of nitrogens with one attached hydrogen (secondary N) is 1. The van der Waals surface area contributed by atoms with E-state index in [1.165, 1.54) is 19.3 Å². The molecule has 1 aliphatic rings. The van der Waals surface area contributed by atoms with E-state index in [9.17, 15) is 5.11 Å². The first-order chi connectivity index (χ1) is 11.1. The summed E-state index contributed by atoms with van der Waals surface area (Å²) in [7, 11) is 0. The Kier molecular flexibility index (Phi) is 4.76. The third kappa shape index (κ3) is 4.20. The lowest BCUT2D eigenvalue weighted by Crippen LogP contribution is -2.34. The minimum atomic E-state index is 0.260. The van der Waals surface area contributed by atoms with Gasteiger partial charge >= 0.3 is 0 Å². The second kappa shape index (κ2) is 6.96. The molecule has 0 aliphatic carbocycles. The summed E-state index contributed by atoms with van der Waals surface area (Å²) in [6.45, 7) is 3.01. The van der Waals surface area contributed by atoms with Crippen molar-refractivity contribution in [3.8, 4) is 17.0 Å². The highest BCUT2D eigenvalue weighted by Crippen LogP contribution is 2.26. The molecule has 122 valence electrons. The van der Waals surface area contributed by atoms with Crippen molar-refractivity contribution in [2.75, 3.05) is 12.3 Å². The molecule has 0 spiro atoms. The van der Waals surface area contributed by atoms with Gasteiger partial charge in [-0.3, -0.25) is 0 Å². The van der Waals surface area contributed by atoms with Crippen molar-refractivity contribution in [1.29, 1.82) is 0 Å². The lowest BCUT2D eigenvalue weighted by Gasteiger charge is -2.23. The van der Waals surface area contributed by atoms with Gasteiger partial charge < -0.3 is 16.2 Å². The molecule has 1 fully saturated rings. The van der Waals surface area contributed by atoms with Crippen molar-refractivity contribution in [2.24, 2.45) is 0 Å². The molecule has 1 saturated heterocycles. The predicted molar refractivity (Wildman–Crippen MR) is 92.2 cm³/mol. The number of nitrogens with two attached hydrogens (primary N) is 1. The first-order valence-corrected chi connectivity index (χ1v) is 8.28. The molecule has 5 heteroatoms. The monoisotopic (exact) mass is 312 g/mol. The fourth-order valence-corrected chi connectivity index (χ4v) is 3.22. The van der Waals surface area contributed by atoms with Gasteiger partial charge in [-0.2, -0.15) is 0 Å². The van der Waals surface area contributed by atoms with E-state index < -0.39 is 0 Å². The first kappa shape index (κ1) is 15.7. The smallest absolute Gasteiger partial charge is 0.220 e. The van der Waals surface area contributed by atoms with Crippen LogP contribution >= 0.6 is 0 Å². The number of benzene rings is 1. The molecule has 0 bridgehead atoms. The zero-order chi connectivity index (χ0) is 16.2. The SMILES string of the molecule is Cc1cc(-c2cc(O)cc(CC[C@@H]3CCCCN3)c2)nc(N)n1. The van der Waals surface area contributed by atoms with Gasteiger partial charge in [0.05, 0.1) is 5.69 Å². The Labute approximate surface area is 137 Å². The highest BCUT2D eigenvalue weighted by molar-refractivity contribution is 5.63. The van der Waals surface area contributed by atoms with Gasteiger partial charge in [0.25, 0.3) is 0 Å². The summed E-state index contributed by atoms with van der Waals surface area (Å²) >= 11 is 0.